The van der Waals surface area contributed by atoms with Gasteiger partial charge in [-0.05, 0) is 0 Å². The molecule has 46 valence electrons. The summed E-state index contributed by atoms with van der Waals surface area (Å²) < 4.78 is 17.6. The van der Waals surface area contributed by atoms with Crippen molar-refractivity contribution in [2.75, 3.05) is 6.61 Å². The molecular formula is C3H5NO3S. The maximum Gasteiger partial charge on any atom is 0.256 e. The second-order valence-corrected chi connectivity index (χ2v) is 1.49. The van der Waals surface area contributed by atoms with Crippen LogP contribution in [-0.2, 0) is 16.1 Å². The molecule has 0 aliphatic rings. The lowest BCUT2D eigenvalue weighted by molar-refractivity contribution is 0.122. The molecule has 2 N–H and O–H groups in total. The lowest BCUT2D eigenvalue weighted by Gasteiger charge is -1.92. The van der Waals surface area contributed by atoms with E-state index in [-0.39, 0.29) is 6.61 Å². The van der Waals surface area contributed by atoms with E-state index in [2.05, 4.69) is 10.8 Å². The van der Waals surface area contributed by atoms with Gasteiger partial charge in [-0.2, -0.15) is 0 Å². The summed E-state index contributed by atoms with van der Waals surface area (Å²) in [7, 11) is 0. The molecule has 0 aromatic heterocycles. The molecule has 0 saturated heterocycles. The third-order valence-electron chi connectivity index (χ3n) is 0.286. The Morgan fingerprint density at radius 3 is 3.00 bits per heavy atom. The van der Waals surface area contributed by atoms with Crippen LogP contribution >= 0.6 is 0 Å². The minimum absolute atomic E-state index is 0.0215. The van der Waals surface area contributed by atoms with Crippen molar-refractivity contribution in [3.8, 4) is 12.3 Å². The Balaban J connectivity index is 2.97. The molecule has 5 heteroatoms. The van der Waals surface area contributed by atoms with E-state index in [4.69, 9.17) is 11.0 Å². The van der Waals surface area contributed by atoms with Gasteiger partial charge in [0.15, 0.2) is 0 Å². The van der Waals surface area contributed by atoms with Crippen molar-refractivity contribution in [2.45, 2.75) is 0 Å². The lowest BCUT2D eigenvalue weighted by atomic mass is 10.8. The van der Waals surface area contributed by atoms with E-state index in [0.717, 1.165) is 0 Å². The highest BCUT2D eigenvalue weighted by atomic mass is 32.2. The zero-order chi connectivity index (χ0) is 6.41. The fourth-order valence-electron chi connectivity index (χ4n) is 0.122. The first-order valence-corrected chi connectivity index (χ1v) is 2.80. The minimum atomic E-state index is -2.13. The molecule has 1 atom stereocenters. The Bertz CT molecular complexity index is 118. The molecule has 0 aromatic carbocycles. The molecule has 4 nitrogen and oxygen atoms in total. The van der Waals surface area contributed by atoms with Gasteiger partial charge in [-0.15, -0.1) is 6.42 Å². The molecule has 0 aliphatic heterocycles. The quantitative estimate of drug-likeness (QED) is 0.232. The average Bonchev–Trinajstić information content (AvgIpc) is 1.66. The lowest BCUT2D eigenvalue weighted by Crippen LogP contribution is -2.16. The topological polar surface area (TPSA) is 58.6 Å². The second kappa shape index (κ2) is 4.74. The normalized spacial score (nSPS) is 12.5. The van der Waals surface area contributed by atoms with Gasteiger partial charge in [0.2, 0.25) is 0 Å². The average molecular weight is 135 g/mol. The molecule has 8 heavy (non-hydrogen) atoms. The van der Waals surface area contributed by atoms with E-state index in [9.17, 15) is 4.21 Å². The maximum absolute atomic E-state index is 9.68. The van der Waals surface area contributed by atoms with Crippen LogP contribution in [0, 0.1) is 12.3 Å². The van der Waals surface area contributed by atoms with Gasteiger partial charge in [-0.3, -0.25) is 9.39 Å². The van der Waals surface area contributed by atoms with E-state index in [1.807, 2.05) is 0 Å². The van der Waals surface area contributed by atoms with Gasteiger partial charge in [0.1, 0.15) is 6.61 Å². The van der Waals surface area contributed by atoms with E-state index in [1.54, 1.807) is 4.89 Å². The predicted octanol–water partition coefficient (Wildman–Crippen LogP) is -0.722. The van der Waals surface area contributed by atoms with Crippen LogP contribution in [0.15, 0.2) is 0 Å². The summed E-state index contributed by atoms with van der Waals surface area (Å²) in [5.74, 6) is 2.09. The van der Waals surface area contributed by atoms with E-state index in [0.29, 0.717) is 0 Å². The zero-order valence-electron chi connectivity index (χ0n) is 3.96. The number of rotatable bonds is 3. The van der Waals surface area contributed by atoms with Crippen LogP contribution in [0.1, 0.15) is 0 Å². The summed E-state index contributed by atoms with van der Waals surface area (Å²) in [5, 5.41) is 0. The Morgan fingerprint density at radius 2 is 2.62 bits per heavy atom. The molecule has 1 unspecified atom stereocenters. The van der Waals surface area contributed by atoms with Gasteiger partial charge in [0.25, 0.3) is 11.3 Å². The molecule has 0 saturated carbocycles. The molecule has 0 bridgehead atoms. The summed E-state index contributed by atoms with van der Waals surface area (Å²) in [6, 6.07) is 0. The standard InChI is InChI=1S/C3H5NO3S/c1-2-3-7-4-8(5)6/h1,4H,3H2,(H,5,6). The van der Waals surface area contributed by atoms with Crippen molar-refractivity contribution < 1.29 is 13.6 Å². The van der Waals surface area contributed by atoms with Gasteiger partial charge in [0.05, 0.1) is 0 Å². The summed E-state index contributed by atoms with van der Waals surface area (Å²) >= 11 is -2.13. The second-order valence-electron chi connectivity index (χ2n) is 0.825. The largest absolute Gasteiger partial charge is 0.292 e. The Hall–Kier alpha value is -0.410. The number of nitrogens with one attached hydrogen (secondary N) is 1. The van der Waals surface area contributed by atoms with E-state index in [1.165, 1.54) is 0 Å². The number of terminal acetylenes is 1. The Labute approximate surface area is 49.6 Å². The molecule has 0 radical (unpaired) electrons. The van der Waals surface area contributed by atoms with Crippen molar-refractivity contribution in [1.29, 1.82) is 0 Å². The SMILES string of the molecule is C#CCONS(=O)O. The van der Waals surface area contributed by atoms with Crippen molar-refractivity contribution in [3.05, 3.63) is 0 Å². The first-order chi connectivity index (χ1) is 3.77. The van der Waals surface area contributed by atoms with Crippen LogP contribution in [0.3, 0.4) is 0 Å². The van der Waals surface area contributed by atoms with Crippen LogP contribution in [0.4, 0.5) is 0 Å². The van der Waals surface area contributed by atoms with Gasteiger partial charge in [0, 0.05) is 0 Å². The molecule has 0 spiro atoms. The summed E-state index contributed by atoms with van der Waals surface area (Å²) in [4.78, 5) is 5.94. The Morgan fingerprint density at radius 1 is 2.00 bits per heavy atom. The summed E-state index contributed by atoms with van der Waals surface area (Å²) in [6.07, 6.45) is 4.72. The molecule has 0 amide bonds. The van der Waals surface area contributed by atoms with Crippen molar-refractivity contribution in [2.24, 2.45) is 0 Å². The van der Waals surface area contributed by atoms with Crippen LogP contribution in [0.25, 0.3) is 0 Å². The van der Waals surface area contributed by atoms with Crippen LogP contribution < -0.4 is 4.89 Å². The highest BCUT2D eigenvalue weighted by Gasteiger charge is 1.85. The number of hydrogen-bond acceptors (Lipinski definition) is 2. The van der Waals surface area contributed by atoms with E-state index >= 15 is 0 Å². The van der Waals surface area contributed by atoms with Crippen LogP contribution in [0.2, 0.25) is 0 Å². The van der Waals surface area contributed by atoms with Gasteiger partial charge >= 0.3 is 0 Å². The third kappa shape index (κ3) is 5.59. The molecule has 0 fully saturated rings. The van der Waals surface area contributed by atoms with Crippen molar-refractivity contribution in [3.63, 3.8) is 0 Å². The first-order valence-electron chi connectivity index (χ1n) is 1.69. The van der Waals surface area contributed by atoms with Crippen LogP contribution in [0.5, 0.6) is 0 Å². The molecule has 0 aliphatic carbocycles. The van der Waals surface area contributed by atoms with Crippen molar-refractivity contribution >= 4 is 11.3 Å². The van der Waals surface area contributed by atoms with Gasteiger partial charge in [-0.1, -0.05) is 10.8 Å². The van der Waals surface area contributed by atoms with Gasteiger partial charge < -0.3 is 0 Å². The molecule has 0 heterocycles. The zero-order valence-corrected chi connectivity index (χ0v) is 4.77. The maximum atomic E-state index is 9.68. The third-order valence-corrected chi connectivity index (χ3v) is 0.546. The fourth-order valence-corrected chi connectivity index (χ4v) is 0.281. The highest BCUT2D eigenvalue weighted by molar-refractivity contribution is 7.76. The minimum Gasteiger partial charge on any atom is -0.292 e. The van der Waals surface area contributed by atoms with Crippen LogP contribution in [-0.4, -0.2) is 15.4 Å². The Kier molecular flexibility index (Phi) is 4.50. The van der Waals surface area contributed by atoms with Crippen molar-refractivity contribution in [1.82, 2.24) is 4.89 Å². The smallest absolute Gasteiger partial charge is 0.256 e. The molecule has 0 rings (SSSR count). The number of hydrogen-bond donors (Lipinski definition) is 2. The van der Waals surface area contributed by atoms with E-state index < -0.39 is 11.3 Å². The summed E-state index contributed by atoms with van der Waals surface area (Å²) in [5.41, 5.74) is 0. The first kappa shape index (κ1) is 7.59. The predicted molar refractivity (Wildman–Crippen MR) is 28.7 cm³/mol. The molecular weight excluding hydrogens is 130 g/mol. The monoisotopic (exact) mass is 135 g/mol. The molecule has 0 aromatic rings. The van der Waals surface area contributed by atoms with Gasteiger partial charge in [-0.25, -0.2) is 4.21 Å². The highest BCUT2D eigenvalue weighted by Crippen LogP contribution is 1.64. The fraction of sp³-hybridized carbons (Fsp3) is 0.333. The summed E-state index contributed by atoms with van der Waals surface area (Å²) in [6.45, 7) is -0.0215.